The van der Waals surface area contributed by atoms with Gasteiger partial charge in [-0.2, -0.15) is 0 Å². The zero-order valence-electron chi connectivity index (χ0n) is 13.6. The number of hydrogen-bond acceptors (Lipinski definition) is 5. The van der Waals surface area contributed by atoms with Crippen LogP contribution in [0, 0.1) is 6.92 Å². The number of thiophene rings is 1. The van der Waals surface area contributed by atoms with E-state index in [0.717, 1.165) is 15.6 Å². The number of hydrogen-bond donors (Lipinski definition) is 1. The zero-order chi connectivity index (χ0) is 18.0. The Labute approximate surface area is 153 Å². The summed E-state index contributed by atoms with van der Waals surface area (Å²) in [6.07, 6.45) is 0.476. The second kappa shape index (κ2) is 7.21. The monoisotopic (exact) mass is 374 g/mol. The number of esters is 1. The van der Waals surface area contributed by atoms with Crippen LogP contribution in [-0.2, 0) is 9.53 Å². The average Bonchev–Trinajstić information content (AvgIpc) is 2.94. The van der Waals surface area contributed by atoms with Gasteiger partial charge in [-0.3, -0.25) is 4.79 Å². The number of amides is 1. The first-order valence-corrected chi connectivity index (χ1v) is 8.76. The van der Waals surface area contributed by atoms with Crippen molar-refractivity contribution in [1.29, 1.82) is 0 Å². The Hall–Kier alpha value is -2.44. The molecule has 3 rings (SSSR count). The highest BCUT2D eigenvalue weighted by molar-refractivity contribution is 7.21. The van der Waals surface area contributed by atoms with Crippen molar-refractivity contribution >= 4 is 50.7 Å². The number of aromatic nitrogens is 1. The number of benzene rings is 1. The molecule has 5 nitrogen and oxygen atoms in total. The van der Waals surface area contributed by atoms with Crippen LogP contribution in [0.15, 0.2) is 42.6 Å². The lowest BCUT2D eigenvalue weighted by molar-refractivity contribution is -0.123. The summed E-state index contributed by atoms with van der Waals surface area (Å²) >= 11 is 7.11. The molecule has 1 aromatic carbocycles. The number of carbonyl (C=O) groups excluding carboxylic acids is 2. The molecule has 0 saturated carbocycles. The molecule has 0 aliphatic carbocycles. The van der Waals surface area contributed by atoms with E-state index in [1.807, 2.05) is 31.2 Å². The number of aryl methyl sites for hydroxylation is 1. The number of ether oxygens (including phenoxy) is 1. The molecule has 0 spiro atoms. The van der Waals surface area contributed by atoms with Crippen molar-refractivity contribution in [3.63, 3.8) is 0 Å². The lowest BCUT2D eigenvalue weighted by Crippen LogP contribution is -2.30. The van der Waals surface area contributed by atoms with Crippen molar-refractivity contribution in [2.24, 2.45) is 0 Å². The van der Waals surface area contributed by atoms with Crippen LogP contribution in [0.4, 0.5) is 5.82 Å². The molecule has 128 valence electrons. The minimum atomic E-state index is -0.949. The van der Waals surface area contributed by atoms with E-state index in [1.165, 1.54) is 24.5 Å². The van der Waals surface area contributed by atoms with Crippen molar-refractivity contribution in [1.82, 2.24) is 4.98 Å². The number of fused-ring (bicyclic) bond motifs is 1. The summed E-state index contributed by atoms with van der Waals surface area (Å²) < 4.78 is 6.32. The summed E-state index contributed by atoms with van der Waals surface area (Å²) in [5, 5.41) is 4.07. The molecule has 1 N–H and O–H groups in total. The lowest BCUT2D eigenvalue weighted by atomic mass is 10.1. The molecule has 0 aliphatic heterocycles. The Kier molecular flexibility index (Phi) is 5.01. The summed E-state index contributed by atoms with van der Waals surface area (Å²) in [7, 11) is 0. The molecule has 0 aliphatic rings. The van der Waals surface area contributed by atoms with E-state index in [2.05, 4.69) is 10.3 Å². The number of carbonyl (C=O) groups is 2. The molecule has 0 fully saturated rings. The van der Waals surface area contributed by atoms with Crippen molar-refractivity contribution in [2.75, 3.05) is 5.32 Å². The number of nitrogens with one attached hydrogen (secondary N) is 1. The Balaban J connectivity index is 1.69. The predicted octanol–water partition coefficient (Wildman–Crippen LogP) is 4.44. The van der Waals surface area contributed by atoms with E-state index in [1.54, 1.807) is 12.1 Å². The second-order valence-corrected chi connectivity index (χ2v) is 6.94. The molecule has 7 heteroatoms. The van der Waals surface area contributed by atoms with Crippen LogP contribution in [-0.4, -0.2) is 23.0 Å². The summed E-state index contributed by atoms with van der Waals surface area (Å²) in [6.45, 7) is 3.39. The van der Waals surface area contributed by atoms with Gasteiger partial charge in [0.1, 0.15) is 10.7 Å². The maximum absolute atomic E-state index is 12.4. The van der Waals surface area contributed by atoms with Crippen LogP contribution in [0.25, 0.3) is 10.1 Å². The Morgan fingerprint density at radius 2 is 2.00 bits per heavy atom. The SMILES string of the molecule is Cc1c(C(=O)O[C@@H](C)C(=O)Nc2ccc(Cl)cn2)sc2ccccc12. The fraction of sp³-hybridized carbons (Fsp3) is 0.167. The molecule has 25 heavy (non-hydrogen) atoms. The number of anilines is 1. The van der Waals surface area contributed by atoms with E-state index in [9.17, 15) is 9.59 Å². The summed E-state index contributed by atoms with van der Waals surface area (Å²) in [4.78, 5) is 29.1. The van der Waals surface area contributed by atoms with Gasteiger partial charge >= 0.3 is 5.97 Å². The summed E-state index contributed by atoms with van der Waals surface area (Å²) in [5.41, 5.74) is 0.859. The van der Waals surface area contributed by atoms with Gasteiger partial charge in [0.05, 0.1) is 5.02 Å². The van der Waals surface area contributed by atoms with Crippen LogP contribution in [0.3, 0.4) is 0 Å². The Bertz CT molecular complexity index is 937. The number of halogens is 1. The standard InChI is InChI=1S/C18H15ClN2O3S/c1-10-13-5-3-4-6-14(13)25-16(10)18(23)24-11(2)17(22)21-15-8-7-12(19)9-20-15/h3-9,11H,1-2H3,(H,20,21,22)/t11-/m0/s1. The van der Waals surface area contributed by atoms with Crippen molar-refractivity contribution < 1.29 is 14.3 Å². The van der Waals surface area contributed by atoms with Gasteiger partial charge in [-0.15, -0.1) is 11.3 Å². The van der Waals surface area contributed by atoms with E-state index >= 15 is 0 Å². The van der Waals surface area contributed by atoms with Crippen LogP contribution in [0.2, 0.25) is 5.02 Å². The fourth-order valence-corrected chi connectivity index (χ4v) is 3.52. The van der Waals surface area contributed by atoms with E-state index < -0.39 is 18.0 Å². The Morgan fingerprint density at radius 1 is 1.24 bits per heavy atom. The average molecular weight is 375 g/mol. The molecule has 3 aromatic rings. The van der Waals surface area contributed by atoms with Gasteiger partial charge in [-0.05, 0) is 43.0 Å². The van der Waals surface area contributed by atoms with Gasteiger partial charge < -0.3 is 10.1 Å². The number of nitrogens with zero attached hydrogens (tertiary/aromatic N) is 1. The van der Waals surface area contributed by atoms with E-state index in [4.69, 9.17) is 16.3 Å². The maximum Gasteiger partial charge on any atom is 0.349 e. The normalized spacial score (nSPS) is 12.0. The minimum absolute atomic E-state index is 0.343. The van der Waals surface area contributed by atoms with Gasteiger partial charge in [0.25, 0.3) is 5.91 Å². The maximum atomic E-state index is 12.4. The predicted molar refractivity (Wildman–Crippen MR) is 99.3 cm³/mol. The van der Waals surface area contributed by atoms with E-state index in [0.29, 0.717) is 15.7 Å². The quantitative estimate of drug-likeness (QED) is 0.685. The first-order valence-electron chi connectivity index (χ1n) is 7.57. The summed E-state index contributed by atoms with van der Waals surface area (Å²) in [6, 6.07) is 10.9. The topological polar surface area (TPSA) is 68.3 Å². The van der Waals surface area contributed by atoms with Crippen LogP contribution >= 0.6 is 22.9 Å². The molecular formula is C18H15ClN2O3S. The van der Waals surface area contributed by atoms with Gasteiger partial charge in [-0.25, -0.2) is 9.78 Å². The zero-order valence-corrected chi connectivity index (χ0v) is 15.1. The molecule has 1 atom stereocenters. The first-order chi connectivity index (χ1) is 12.0. The third kappa shape index (κ3) is 3.81. The molecule has 1 amide bonds. The van der Waals surface area contributed by atoms with Crippen molar-refractivity contribution in [3.8, 4) is 0 Å². The molecule has 0 radical (unpaired) electrons. The van der Waals surface area contributed by atoms with Gasteiger partial charge in [-0.1, -0.05) is 29.8 Å². The highest BCUT2D eigenvalue weighted by Gasteiger charge is 2.22. The van der Waals surface area contributed by atoms with Crippen molar-refractivity contribution in [3.05, 3.63) is 58.1 Å². The van der Waals surface area contributed by atoms with Gasteiger partial charge in [0, 0.05) is 10.9 Å². The molecule has 2 heterocycles. The fourth-order valence-electron chi connectivity index (χ4n) is 2.31. The van der Waals surface area contributed by atoms with Crippen LogP contribution in [0.5, 0.6) is 0 Å². The smallest absolute Gasteiger partial charge is 0.349 e. The molecular weight excluding hydrogens is 360 g/mol. The van der Waals surface area contributed by atoms with Gasteiger partial charge in [0.2, 0.25) is 0 Å². The number of rotatable bonds is 4. The molecule has 0 bridgehead atoms. The minimum Gasteiger partial charge on any atom is -0.448 e. The largest absolute Gasteiger partial charge is 0.448 e. The van der Waals surface area contributed by atoms with Crippen molar-refractivity contribution in [2.45, 2.75) is 20.0 Å². The van der Waals surface area contributed by atoms with E-state index in [-0.39, 0.29) is 0 Å². The molecule has 2 aromatic heterocycles. The second-order valence-electron chi connectivity index (χ2n) is 5.45. The molecule has 0 saturated heterocycles. The summed E-state index contributed by atoms with van der Waals surface area (Å²) in [5.74, 6) is -0.623. The highest BCUT2D eigenvalue weighted by atomic mass is 35.5. The first kappa shape index (κ1) is 17.4. The number of pyridine rings is 1. The highest BCUT2D eigenvalue weighted by Crippen LogP contribution is 2.31. The van der Waals surface area contributed by atoms with Crippen LogP contribution in [0.1, 0.15) is 22.2 Å². The van der Waals surface area contributed by atoms with Crippen LogP contribution < -0.4 is 5.32 Å². The third-order valence-corrected chi connectivity index (χ3v) is 5.14. The van der Waals surface area contributed by atoms with Gasteiger partial charge in [0.15, 0.2) is 6.10 Å². The molecule has 0 unspecified atom stereocenters. The lowest BCUT2D eigenvalue weighted by Gasteiger charge is -2.13. The Morgan fingerprint density at radius 3 is 2.68 bits per heavy atom. The third-order valence-electron chi connectivity index (χ3n) is 3.66.